The summed E-state index contributed by atoms with van der Waals surface area (Å²) in [5.74, 6) is 0. The number of allylic oxidation sites excluding steroid dienone is 5. The molecule has 13 aromatic rings. The minimum Gasteiger partial charge on any atom is -0.311 e. The van der Waals surface area contributed by atoms with Gasteiger partial charge in [0, 0.05) is 17.1 Å². The van der Waals surface area contributed by atoms with Crippen LogP contribution in [0.1, 0.15) is 12.0 Å². The molecule has 1 aliphatic rings. The summed E-state index contributed by atoms with van der Waals surface area (Å²) >= 11 is 0. The zero-order valence-electron chi connectivity index (χ0n) is 40.8. The maximum absolute atomic E-state index is 2.44. The Labute approximate surface area is 431 Å². The zero-order valence-corrected chi connectivity index (χ0v) is 40.8. The van der Waals surface area contributed by atoms with Crippen molar-refractivity contribution in [2.45, 2.75) is 6.42 Å². The van der Waals surface area contributed by atoms with Crippen LogP contribution in [0, 0.1) is 0 Å². The zero-order chi connectivity index (χ0) is 49.0. The summed E-state index contributed by atoms with van der Waals surface area (Å²) in [4.78, 5) is 2.35. The molecule has 0 spiro atoms. The second kappa shape index (κ2) is 18.2. The van der Waals surface area contributed by atoms with E-state index in [0.717, 1.165) is 23.5 Å². The summed E-state index contributed by atoms with van der Waals surface area (Å²) in [7, 11) is 0. The molecule has 0 heterocycles. The van der Waals surface area contributed by atoms with Gasteiger partial charge in [-0.05, 0) is 175 Å². The quantitative estimate of drug-likeness (QED) is 0.137. The van der Waals surface area contributed by atoms with E-state index in [2.05, 4.69) is 290 Å². The van der Waals surface area contributed by atoms with Crippen LogP contribution in [0.5, 0.6) is 0 Å². The van der Waals surface area contributed by atoms with Crippen LogP contribution in [0.2, 0.25) is 0 Å². The summed E-state index contributed by atoms with van der Waals surface area (Å²) in [5, 5.41) is 15.0. The first kappa shape index (κ1) is 43.2. The normalized spacial score (nSPS) is 12.6. The lowest BCUT2D eigenvalue weighted by molar-refractivity contribution is 1.18. The molecule has 0 radical (unpaired) electrons. The highest BCUT2D eigenvalue weighted by molar-refractivity contribution is 6.23. The molecule has 0 saturated carbocycles. The maximum Gasteiger partial charge on any atom is 0.0461 e. The molecule has 1 nitrogen and oxygen atoms in total. The molecule has 346 valence electrons. The van der Waals surface area contributed by atoms with E-state index >= 15 is 0 Å². The van der Waals surface area contributed by atoms with Crippen molar-refractivity contribution in [1.82, 2.24) is 0 Å². The van der Waals surface area contributed by atoms with Crippen LogP contribution in [-0.4, -0.2) is 0 Å². The van der Waals surface area contributed by atoms with Gasteiger partial charge in [0.05, 0.1) is 0 Å². The van der Waals surface area contributed by atoms with Gasteiger partial charge in [0.25, 0.3) is 0 Å². The highest BCUT2D eigenvalue weighted by Crippen LogP contribution is 2.47. The molecule has 0 unspecified atom stereocenters. The van der Waals surface area contributed by atoms with Crippen LogP contribution >= 0.6 is 0 Å². The van der Waals surface area contributed by atoms with E-state index in [1.54, 1.807) is 0 Å². The van der Waals surface area contributed by atoms with Crippen LogP contribution in [-0.2, 0) is 0 Å². The van der Waals surface area contributed by atoms with Crippen molar-refractivity contribution in [1.29, 1.82) is 0 Å². The lowest BCUT2D eigenvalue weighted by Gasteiger charge is -2.26. The van der Waals surface area contributed by atoms with Gasteiger partial charge < -0.3 is 4.90 Å². The van der Waals surface area contributed by atoms with Gasteiger partial charge in [-0.1, -0.05) is 237 Å². The third-order valence-electron chi connectivity index (χ3n) is 15.2. The summed E-state index contributed by atoms with van der Waals surface area (Å²) in [6.07, 6.45) is 10.2. The minimum absolute atomic E-state index is 0.805. The SMILES string of the molecule is C1=CC(N(c2ccccc2)c2ccccc2)=CCC=C1c1c2ccccc2c(-c2ccc(-c3ccc4c(-c5ccc6ccccc6c5)c5ccccc5c(-c5ccc6ccccc6c5)c4c3)cc2)c2ccccc12. The first-order chi connectivity index (χ1) is 36.7. The average molecular weight is 940 g/mol. The Bertz CT molecular complexity index is 4330. The molecule has 1 heteroatoms. The second-order valence-corrected chi connectivity index (χ2v) is 19.5. The Kier molecular flexibility index (Phi) is 10.7. The molecule has 1 aliphatic carbocycles. The molecular weight excluding hydrogens is 891 g/mol. The fourth-order valence-corrected chi connectivity index (χ4v) is 11.8. The number of hydrogen-bond donors (Lipinski definition) is 0. The Morgan fingerprint density at radius 1 is 0.243 bits per heavy atom. The van der Waals surface area contributed by atoms with Crippen LogP contribution in [0.25, 0.3) is 115 Å². The highest BCUT2D eigenvalue weighted by Gasteiger charge is 2.21. The molecule has 0 saturated heterocycles. The van der Waals surface area contributed by atoms with Gasteiger partial charge in [0.1, 0.15) is 0 Å². The molecule has 0 amide bonds. The molecule has 0 aliphatic heterocycles. The Morgan fingerprint density at radius 2 is 0.635 bits per heavy atom. The predicted octanol–water partition coefficient (Wildman–Crippen LogP) is 20.3. The van der Waals surface area contributed by atoms with Crippen molar-refractivity contribution >= 4 is 81.6 Å². The second-order valence-electron chi connectivity index (χ2n) is 19.5. The first-order valence-electron chi connectivity index (χ1n) is 25.7. The third-order valence-corrected chi connectivity index (χ3v) is 15.2. The number of para-hydroxylation sites is 2. The number of rotatable bonds is 8. The fourth-order valence-electron chi connectivity index (χ4n) is 11.8. The summed E-state index contributed by atoms with van der Waals surface area (Å²) in [6, 6.07) is 96.0. The molecule has 13 aromatic carbocycles. The van der Waals surface area contributed by atoms with E-state index in [1.807, 2.05) is 0 Å². The molecule has 0 N–H and O–H groups in total. The van der Waals surface area contributed by atoms with Crippen LogP contribution in [0.4, 0.5) is 11.4 Å². The fraction of sp³-hybridized carbons (Fsp3) is 0.0137. The predicted molar refractivity (Wildman–Crippen MR) is 318 cm³/mol. The smallest absolute Gasteiger partial charge is 0.0461 e. The van der Waals surface area contributed by atoms with Crippen LogP contribution < -0.4 is 4.90 Å². The number of nitrogens with zero attached hydrogens (tertiary/aromatic N) is 1. The molecular formula is C73H49N. The average Bonchev–Trinajstić information content (AvgIpc) is 3.73. The Balaban J connectivity index is 0.892. The molecule has 74 heavy (non-hydrogen) atoms. The van der Waals surface area contributed by atoms with Crippen molar-refractivity contribution < 1.29 is 0 Å². The van der Waals surface area contributed by atoms with E-state index in [9.17, 15) is 0 Å². The minimum atomic E-state index is 0.805. The van der Waals surface area contributed by atoms with E-state index < -0.39 is 0 Å². The number of anilines is 2. The molecule has 0 bridgehead atoms. The third kappa shape index (κ3) is 7.49. The van der Waals surface area contributed by atoms with Crippen molar-refractivity contribution in [3.05, 3.63) is 296 Å². The van der Waals surface area contributed by atoms with Crippen LogP contribution in [0.15, 0.2) is 291 Å². The van der Waals surface area contributed by atoms with Gasteiger partial charge in [-0.3, -0.25) is 0 Å². The largest absolute Gasteiger partial charge is 0.311 e. The van der Waals surface area contributed by atoms with Gasteiger partial charge in [-0.25, -0.2) is 0 Å². The molecule has 14 rings (SSSR count). The summed E-state index contributed by atoms with van der Waals surface area (Å²) < 4.78 is 0. The van der Waals surface area contributed by atoms with E-state index in [1.165, 1.54) is 120 Å². The monoisotopic (exact) mass is 939 g/mol. The number of hydrogen-bond acceptors (Lipinski definition) is 1. The molecule has 0 atom stereocenters. The summed E-state index contributed by atoms with van der Waals surface area (Å²) in [6.45, 7) is 0. The lowest BCUT2D eigenvalue weighted by Crippen LogP contribution is -2.14. The summed E-state index contributed by atoms with van der Waals surface area (Å²) in [5.41, 5.74) is 15.7. The Morgan fingerprint density at radius 3 is 1.16 bits per heavy atom. The van der Waals surface area contributed by atoms with E-state index in [4.69, 9.17) is 0 Å². The lowest BCUT2D eigenvalue weighted by atomic mass is 9.84. The van der Waals surface area contributed by atoms with E-state index in [0.29, 0.717) is 0 Å². The van der Waals surface area contributed by atoms with Crippen LogP contribution in [0.3, 0.4) is 0 Å². The highest BCUT2D eigenvalue weighted by atomic mass is 15.1. The molecule has 0 fully saturated rings. The maximum atomic E-state index is 2.44. The van der Waals surface area contributed by atoms with Gasteiger partial charge in [-0.15, -0.1) is 0 Å². The van der Waals surface area contributed by atoms with Crippen molar-refractivity contribution in [3.8, 4) is 44.5 Å². The van der Waals surface area contributed by atoms with Gasteiger partial charge in [-0.2, -0.15) is 0 Å². The topological polar surface area (TPSA) is 3.24 Å². The first-order valence-corrected chi connectivity index (χ1v) is 25.7. The van der Waals surface area contributed by atoms with Crippen molar-refractivity contribution in [2.75, 3.05) is 4.90 Å². The number of fused-ring (bicyclic) bond motifs is 6. The Hall–Kier alpha value is -9.56. The van der Waals surface area contributed by atoms with Gasteiger partial charge >= 0.3 is 0 Å². The van der Waals surface area contributed by atoms with Crippen molar-refractivity contribution in [3.63, 3.8) is 0 Å². The van der Waals surface area contributed by atoms with E-state index in [-0.39, 0.29) is 0 Å². The van der Waals surface area contributed by atoms with Gasteiger partial charge in [0.15, 0.2) is 0 Å². The van der Waals surface area contributed by atoms with Crippen molar-refractivity contribution in [2.24, 2.45) is 0 Å². The molecule has 0 aromatic heterocycles. The van der Waals surface area contributed by atoms with Gasteiger partial charge in [0.2, 0.25) is 0 Å². The number of benzene rings is 13. The standard InChI is InChI=1S/C73H49N/c1-3-23-59(24-4-1)74(60-25-5-2-6-26-60)61-27-17-22-52(42-44-61)70-62-28-11-13-30-64(62)71(65-31-14-12-29-63(65)70)53-38-34-51(35-39-53)56-43-45-68-69(48-56)73(58-41-37-50-19-8-10-21-55(50)47-58)67-33-16-15-32-66(67)72(68)57-40-36-49-18-7-9-20-54(49)46-57/h1-16,18-48H,17H2.